The minimum Gasteiger partial charge on any atom is -0.497 e. The first kappa shape index (κ1) is 18.4. The molecular formula is C21H21OPS2. The van der Waals surface area contributed by atoms with Crippen molar-refractivity contribution in [3.63, 3.8) is 0 Å². The Labute approximate surface area is 159 Å². The van der Waals surface area contributed by atoms with Gasteiger partial charge in [0.2, 0.25) is 0 Å². The third-order valence-corrected chi connectivity index (χ3v) is 8.44. The molecule has 3 rings (SSSR count). The molecule has 0 aliphatic carbocycles. The van der Waals surface area contributed by atoms with Crippen molar-refractivity contribution >= 4 is 47.4 Å². The van der Waals surface area contributed by atoms with Gasteiger partial charge in [0.05, 0.1) is 7.11 Å². The third kappa shape index (κ3) is 4.06. The van der Waals surface area contributed by atoms with Crippen molar-refractivity contribution < 1.29 is 4.74 Å². The van der Waals surface area contributed by atoms with Crippen molar-refractivity contribution in [1.29, 1.82) is 0 Å². The summed E-state index contributed by atoms with van der Waals surface area (Å²) in [6.07, 6.45) is 4.31. The highest BCUT2D eigenvalue weighted by Crippen LogP contribution is 2.39. The van der Waals surface area contributed by atoms with E-state index in [2.05, 4.69) is 85.3 Å². The smallest absolute Gasteiger partial charge is 0.118 e. The molecule has 0 aliphatic rings. The fourth-order valence-electron chi connectivity index (χ4n) is 2.77. The zero-order valence-electron chi connectivity index (χ0n) is 14.6. The van der Waals surface area contributed by atoms with Gasteiger partial charge in [0.1, 0.15) is 5.75 Å². The Morgan fingerprint density at radius 3 is 1.60 bits per heavy atom. The predicted molar refractivity (Wildman–Crippen MR) is 115 cm³/mol. The van der Waals surface area contributed by atoms with E-state index in [1.165, 1.54) is 25.7 Å². The second-order valence-corrected chi connectivity index (χ2v) is 9.22. The molecule has 3 aromatic carbocycles. The van der Waals surface area contributed by atoms with E-state index in [1.807, 2.05) is 23.5 Å². The summed E-state index contributed by atoms with van der Waals surface area (Å²) >= 11 is 3.64. The number of rotatable bonds is 6. The van der Waals surface area contributed by atoms with Crippen LogP contribution in [0.25, 0.3) is 0 Å². The molecule has 0 aliphatic heterocycles. The zero-order valence-corrected chi connectivity index (χ0v) is 17.1. The van der Waals surface area contributed by atoms with Crippen LogP contribution in [0, 0.1) is 0 Å². The van der Waals surface area contributed by atoms with Gasteiger partial charge in [0, 0.05) is 9.79 Å². The summed E-state index contributed by atoms with van der Waals surface area (Å²) in [5.74, 6) is 0.898. The van der Waals surface area contributed by atoms with E-state index in [-0.39, 0.29) is 0 Å². The van der Waals surface area contributed by atoms with Gasteiger partial charge < -0.3 is 4.74 Å². The Kier molecular flexibility index (Phi) is 6.47. The maximum absolute atomic E-state index is 5.35. The molecule has 0 atom stereocenters. The highest BCUT2D eigenvalue weighted by atomic mass is 32.2. The molecule has 4 heteroatoms. The fourth-order valence-corrected chi connectivity index (χ4v) is 7.17. The highest BCUT2D eigenvalue weighted by Gasteiger charge is 2.21. The maximum Gasteiger partial charge on any atom is 0.118 e. The van der Waals surface area contributed by atoms with Crippen molar-refractivity contribution in [1.82, 2.24) is 0 Å². The van der Waals surface area contributed by atoms with Crippen LogP contribution in [0.5, 0.6) is 5.75 Å². The Balaban J connectivity index is 2.20. The molecule has 0 spiro atoms. The normalized spacial score (nSPS) is 10.9. The number of hydrogen-bond acceptors (Lipinski definition) is 3. The summed E-state index contributed by atoms with van der Waals surface area (Å²) < 4.78 is 5.35. The first-order chi connectivity index (χ1) is 12.3. The maximum atomic E-state index is 5.35. The molecule has 0 fully saturated rings. The van der Waals surface area contributed by atoms with Gasteiger partial charge in [-0.1, -0.05) is 48.5 Å². The van der Waals surface area contributed by atoms with Crippen LogP contribution in [-0.4, -0.2) is 19.6 Å². The lowest BCUT2D eigenvalue weighted by atomic mass is 10.3. The van der Waals surface area contributed by atoms with Gasteiger partial charge in [0.25, 0.3) is 0 Å². The van der Waals surface area contributed by atoms with Crippen molar-refractivity contribution in [3.8, 4) is 5.75 Å². The molecule has 1 nitrogen and oxygen atoms in total. The number of methoxy groups -OCH3 is 1. The van der Waals surface area contributed by atoms with Gasteiger partial charge in [-0.05, 0) is 60.6 Å². The van der Waals surface area contributed by atoms with Crippen molar-refractivity contribution in [2.45, 2.75) is 9.79 Å². The highest BCUT2D eigenvalue weighted by molar-refractivity contribution is 8.00. The molecule has 0 saturated carbocycles. The number of benzene rings is 3. The molecular weight excluding hydrogens is 363 g/mol. The van der Waals surface area contributed by atoms with Crippen LogP contribution < -0.4 is 20.7 Å². The topological polar surface area (TPSA) is 9.23 Å². The van der Waals surface area contributed by atoms with Gasteiger partial charge >= 0.3 is 0 Å². The Bertz CT molecular complexity index is 786. The van der Waals surface area contributed by atoms with Gasteiger partial charge in [-0.3, -0.25) is 0 Å². The molecule has 0 amide bonds. The second-order valence-electron chi connectivity index (χ2n) is 5.38. The summed E-state index contributed by atoms with van der Waals surface area (Å²) in [4.78, 5) is 2.70. The SMILES string of the molecule is COc1ccc(P(c2ccccc2SC)c2ccccc2SC)cc1. The fraction of sp³-hybridized carbons (Fsp3) is 0.143. The average molecular weight is 385 g/mol. The van der Waals surface area contributed by atoms with Crippen LogP contribution in [0.3, 0.4) is 0 Å². The first-order valence-electron chi connectivity index (χ1n) is 7.98. The lowest BCUT2D eigenvalue weighted by Crippen LogP contribution is -2.23. The van der Waals surface area contributed by atoms with E-state index in [4.69, 9.17) is 4.74 Å². The van der Waals surface area contributed by atoms with Crippen LogP contribution in [0.15, 0.2) is 82.6 Å². The molecule has 0 N–H and O–H groups in total. The molecule has 0 bridgehead atoms. The van der Waals surface area contributed by atoms with E-state index in [0.717, 1.165) is 5.75 Å². The van der Waals surface area contributed by atoms with E-state index in [0.29, 0.717) is 0 Å². The third-order valence-electron chi connectivity index (χ3n) is 3.98. The van der Waals surface area contributed by atoms with Crippen LogP contribution in [-0.2, 0) is 0 Å². The van der Waals surface area contributed by atoms with Crippen molar-refractivity contribution in [2.75, 3.05) is 19.6 Å². The Morgan fingerprint density at radius 2 is 1.16 bits per heavy atom. The van der Waals surface area contributed by atoms with E-state index >= 15 is 0 Å². The van der Waals surface area contributed by atoms with Gasteiger partial charge in [-0.25, -0.2) is 0 Å². The summed E-state index contributed by atoms with van der Waals surface area (Å²) in [5, 5.41) is 4.17. The summed E-state index contributed by atoms with van der Waals surface area (Å²) in [7, 11) is 1.10. The zero-order chi connectivity index (χ0) is 17.6. The minimum absolute atomic E-state index is 0.614. The quantitative estimate of drug-likeness (QED) is 0.442. The first-order valence-corrected chi connectivity index (χ1v) is 11.8. The molecule has 0 aromatic heterocycles. The molecule has 25 heavy (non-hydrogen) atoms. The van der Waals surface area contributed by atoms with Gasteiger partial charge in [0.15, 0.2) is 0 Å². The average Bonchev–Trinajstić information content (AvgIpc) is 2.69. The van der Waals surface area contributed by atoms with Gasteiger partial charge in [-0.2, -0.15) is 0 Å². The van der Waals surface area contributed by atoms with Crippen LogP contribution in [0.2, 0.25) is 0 Å². The standard InChI is InChI=1S/C21H21OPS2/c1-22-16-12-14-17(15-13-16)23(18-8-4-6-10-20(18)24-2)19-9-5-7-11-21(19)25-3/h4-15H,1-3H3. The molecule has 0 unspecified atom stereocenters. The molecule has 0 heterocycles. The largest absolute Gasteiger partial charge is 0.497 e. The van der Waals surface area contributed by atoms with Crippen LogP contribution in [0.4, 0.5) is 0 Å². The summed E-state index contributed by atoms with van der Waals surface area (Å²) in [5.41, 5.74) is 0. The number of thioether (sulfide) groups is 2. The van der Waals surface area contributed by atoms with E-state index in [1.54, 1.807) is 7.11 Å². The number of ether oxygens (including phenoxy) is 1. The Morgan fingerprint density at radius 1 is 0.680 bits per heavy atom. The molecule has 3 aromatic rings. The molecule has 0 saturated heterocycles. The van der Waals surface area contributed by atoms with Crippen molar-refractivity contribution in [2.24, 2.45) is 0 Å². The monoisotopic (exact) mass is 384 g/mol. The lowest BCUT2D eigenvalue weighted by molar-refractivity contribution is 0.415. The molecule has 0 radical (unpaired) electrons. The Hall–Kier alpha value is -1.41. The molecule has 128 valence electrons. The number of hydrogen-bond donors (Lipinski definition) is 0. The van der Waals surface area contributed by atoms with Gasteiger partial charge in [-0.15, -0.1) is 23.5 Å². The minimum atomic E-state index is -0.614. The van der Waals surface area contributed by atoms with Crippen molar-refractivity contribution in [3.05, 3.63) is 72.8 Å². The summed E-state index contributed by atoms with van der Waals surface area (Å²) in [6.45, 7) is 0. The van der Waals surface area contributed by atoms with Crippen LogP contribution >= 0.6 is 31.4 Å². The summed E-state index contributed by atoms with van der Waals surface area (Å²) in [6, 6.07) is 26.1. The lowest BCUT2D eigenvalue weighted by Gasteiger charge is -2.23. The van der Waals surface area contributed by atoms with E-state index in [9.17, 15) is 0 Å². The van der Waals surface area contributed by atoms with Crippen LogP contribution in [0.1, 0.15) is 0 Å². The van der Waals surface area contributed by atoms with E-state index < -0.39 is 7.92 Å². The predicted octanol–water partition coefficient (Wildman–Crippen LogP) is 4.90. The second kappa shape index (κ2) is 8.80.